The molecule has 0 aromatic heterocycles. The molecule has 0 radical (unpaired) electrons. The zero-order valence-corrected chi connectivity index (χ0v) is 23.5. The Morgan fingerprint density at radius 2 is 0.938 bits per heavy atom. The monoisotopic (exact) mass is 620 g/mol. The molecule has 0 aliphatic heterocycles. The molecule has 0 spiro atoms. The second-order valence-corrected chi connectivity index (χ2v) is 12.7. The number of hydrogen-bond donors (Lipinski definition) is 0. The quantitative estimate of drug-likeness (QED) is 0.0854. The third kappa shape index (κ3) is 7.82. The molecule has 0 N–H and O–H groups in total. The Morgan fingerprint density at radius 1 is 0.531 bits per heavy atom. The summed E-state index contributed by atoms with van der Waals surface area (Å²) in [7, 11) is -1.71. The normalized spacial score (nSPS) is 11.4. The van der Waals surface area contributed by atoms with E-state index in [-0.39, 0.29) is 17.0 Å². The zero-order chi connectivity index (χ0) is 21.6. The van der Waals surface area contributed by atoms with Gasteiger partial charge in [0.05, 0.1) is 6.16 Å². The third-order valence-corrected chi connectivity index (χ3v) is 11.0. The summed E-state index contributed by atoms with van der Waals surface area (Å²) in [4.78, 5) is 0. The van der Waals surface area contributed by atoms with E-state index in [1.165, 1.54) is 65.3 Å². The van der Waals surface area contributed by atoms with Crippen LogP contribution in [0.5, 0.6) is 0 Å². The maximum atomic E-state index is 2.48. The fourth-order valence-corrected chi connectivity index (χ4v) is 8.80. The molecular formula is C29H35BrIP. The summed E-state index contributed by atoms with van der Waals surface area (Å²) >= 11 is 2.48. The molecule has 0 atom stereocenters. The van der Waals surface area contributed by atoms with Crippen LogP contribution >= 0.6 is 29.9 Å². The van der Waals surface area contributed by atoms with E-state index in [0.29, 0.717) is 0 Å². The van der Waals surface area contributed by atoms with Crippen LogP contribution in [0.3, 0.4) is 0 Å². The predicted molar refractivity (Wildman–Crippen MR) is 150 cm³/mol. The van der Waals surface area contributed by atoms with E-state index in [1.807, 2.05) is 0 Å². The molecule has 0 saturated carbocycles. The number of rotatable bonds is 13. The highest BCUT2D eigenvalue weighted by Crippen LogP contribution is 2.55. The van der Waals surface area contributed by atoms with Gasteiger partial charge >= 0.3 is 0 Å². The predicted octanol–water partition coefficient (Wildman–Crippen LogP) is 4.71. The van der Waals surface area contributed by atoms with Crippen LogP contribution in [-0.4, -0.2) is 10.6 Å². The third-order valence-electron chi connectivity index (χ3n) is 5.89. The van der Waals surface area contributed by atoms with Gasteiger partial charge in [0.25, 0.3) is 0 Å². The van der Waals surface area contributed by atoms with E-state index >= 15 is 0 Å². The Hall–Kier alpha value is -0.960. The Morgan fingerprint density at radius 3 is 1.38 bits per heavy atom. The van der Waals surface area contributed by atoms with Gasteiger partial charge in [0.15, 0.2) is 0 Å². The summed E-state index contributed by atoms with van der Waals surface area (Å²) in [5, 5.41) is 4.40. The molecule has 0 fully saturated rings. The van der Waals surface area contributed by atoms with Crippen LogP contribution in [-0.2, 0) is 0 Å². The molecule has 0 bridgehead atoms. The smallest absolute Gasteiger partial charge is 0.115 e. The molecule has 3 heteroatoms. The van der Waals surface area contributed by atoms with E-state index in [2.05, 4.69) is 126 Å². The first-order valence-corrected chi connectivity index (χ1v) is 15.1. The first-order valence-electron chi connectivity index (χ1n) is 11.6. The van der Waals surface area contributed by atoms with Crippen molar-refractivity contribution in [2.75, 3.05) is 10.6 Å². The lowest BCUT2D eigenvalue weighted by molar-refractivity contribution is -0.00000604. The number of benzene rings is 3. The average molecular weight is 621 g/mol. The van der Waals surface area contributed by atoms with Crippen molar-refractivity contribution in [2.24, 2.45) is 0 Å². The number of hydrogen-bond acceptors (Lipinski definition) is 0. The standard InChI is InChI=1S/C29H35IP.BrH/c30-25-17-6-4-2-1-3-5-7-18-26-31(27-19-11-8-12-20-27,28-21-13-9-14-22-28)29-23-15-10-16-24-29;/h7-16,18-24H,1-6,17,25-26H2;1H/q+1;/p-1. The Labute approximate surface area is 220 Å². The van der Waals surface area contributed by atoms with Crippen LogP contribution in [0.4, 0.5) is 0 Å². The van der Waals surface area contributed by atoms with Crippen LogP contribution in [0, 0.1) is 0 Å². The summed E-state index contributed by atoms with van der Waals surface area (Å²) in [6.45, 7) is 0. The molecule has 0 aliphatic carbocycles. The maximum Gasteiger partial charge on any atom is 0.115 e. The minimum Gasteiger partial charge on any atom is -1.00 e. The molecule has 3 rings (SSSR count). The van der Waals surface area contributed by atoms with Gasteiger partial charge in [0.1, 0.15) is 23.2 Å². The van der Waals surface area contributed by atoms with Crippen molar-refractivity contribution in [1.82, 2.24) is 0 Å². The van der Waals surface area contributed by atoms with E-state index in [4.69, 9.17) is 0 Å². The van der Waals surface area contributed by atoms with Crippen LogP contribution in [0.1, 0.15) is 44.9 Å². The van der Waals surface area contributed by atoms with Gasteiger partial charge in [-0.15, -0.1) is 0 Å². The van der Waals surface area contributed by atoms with Gasteiger partial charge in [-0.1, -0.05) is 115 Å². The minimum absolute atomic E-state index is 0. The second kappa shape index (κ2) is 15.8. The van der Waals surface area contributed by atoms with Gasteiger partial charge in [-0.05, 0) is 60.1 Å². The number of halogens is 2. The van der Waals surface area contributed by atoms with Crippen molar-refractivity contribution in [3.05, 3.63) is 103 Å². The first kappa shape index (κ1) is 27.3. The highest BCUT2D eigenvalue weighted by molar-refractivity contribution is 14.1. The van der Waals surface area contributed by atoms with Crippen molar-refractivity contribution in [3.63, 3.8) is 0 Å². The Bertz CT molecular complexity index is 784. The lowest BCUT2D eigenvalue weighted by Gasteiger charge is -2.26. The Kier molecular flexibility index (Phi) is 13.5. The fourth-order valence-electron chi connectivity index (χ4n) is 4.23. The first-order chi connectivity index (χ1) is 15.4. The van der Waals surface area contributed by atoms with Gasteiger partial charge in [-0.3, -0.25) is 0 Å². The van der Waals surface area contributed by atoms with Crippen molar-refractivity contribution in [2.45, 2.75) is 44.9 Å². The van der Waals surface area contributed by atoms with Crippen molar-refractivity contribution in [3.8, 4) is 0 Å². The molecule has 0 heterocycles. The molecule has 0 saturated heterocycles. The lowest BCUT2D eigenvalue weighted by atomic mass is 10.1. The van der Waals surface area contributed by atoms with Gasteiger partial charge in [-0.2, -0.15) is 0 Å². The van der Waals surface area contributed by atoms with E-state index in [0.717, 1.165) is 6.16 Å². The number of unbranched alkanes of at least 4 members (excludes halogenated alkanes) is 6. The van der Waals surface area contributed by atoms with Gasteiger partial charge in [0.2, 0.25) is 0 Å². The van der Waals surface area contributed by atoms with E-state index in [1.54, 1.807) is 0 Å². The molecule has 32 heavy (non-hydrogen) atoms. The van der Waals surface area contributed by atoms with Gasteiger partial charge in [-0.25, -0.2) is 0 Å². The molecule has 0 nitrogen and oxygen atoms in total. The minimum atomic E-state index is -1.71. The molecule has 0 aliphatic rings. The van der Waals surface area contributed by atoms with Crippen LogP contribution < -0.4 is 32.9 Å². The molecule has 170 valence electrons. The Balaban J connectivity index is 0.00000363. The summed E-state index contributed by atoms with van der Waals surface area (Å²) in [6, 6.07) is 33.5. The van der Waals surface area contributed by atoms with Gasteiger partial charge in [0, 0.05) is 0 Å². The molecule has 0 amide bonds. The summed E-state index contributed by atoms with van der Waals surface area (Å²) in [5.74, 6) is 0. The molecular weight excluding hydrogens is 586 g/mol. The van der Waals surface area contributed by atoms with Crippen LogP contribution in [0.2, 0.25) is 0 Å². The SMILES string of the molecule is ICCCCCCCCC=CC[P+](c1ccccc1)(c1ccccc1)c1ccccc1.[Br-]. The van der Waals surface area contributed by atoms with Gasteiger partial charge < -0.3 is 17.0 Å². The lowest BCUT2D eigenvalue weighted by Crippen LogP contribution is -3.00. The molecule has 3 aromatic carbocycles. The largest absolute Gasteiger partial charge is 1.00 e. The summed E-state index contributed by atoms with van der Waals surface area (Å²) in [6.07, 6.45) is 15.4. The summed E-state index contributed by atoms with van der Waals surface area (Å²) in [5.41, 5.74) is 0. The highest BCUT2D eigenvalue weighted by Gasteiger charge is 2.43. The maximum absolute atomic E-state index is 2.48. The van der Waals surface area contributed by atoms with E-state index < -0.39 is 7.26 Å². The number of allylic oxidation sites excluding steroid dienone is 2. The van der Waals surface area contributed by atoms with Crippen LogP contribution in [0.25, 0.3) is 0 Å². The second-order valence-electron chi connectivity index (χ2n) is 8.07. The molecule has 3 aromatic rings. The molecule has 0 unspecified atom stereocenters. The number of alkyl halides is 1. The van der Waals surface area contributed by atoms with E-state index in [9.17, 15) is 0 Å². The summed E-state index contributed by atoms with van der Waals surface area (Å²) < 4.78 is 1.30. The van der Waals surface area contributed by atoms with Crippen LogP contribution in [0.15, 0.2) is 103 Å². The van der Waals surface area contributed by atoms with Crippen molar-refractivity contribution >= 4 is 45.8 Å². The topological polar surface area (TPSA) is 0 Å². The highest BCUT2D eigenvalue weighted by atomic mass is 127. The van der Waals surface area contributed by atoms with Crippen molar-refractivity contribution < 1.29 is 17.0 Å². The van der Waals surface area contributed by atoms with Crippen molar-refractivity contribution in [1.29, 1.82) is 0 Å². The average Bonchev–Trinajstić information content (AvgIpc) is 2.84. The zero-order valence-electron chi connectivity index (χ0n) is 18.9. The fraction of sp³-hybridized carbons (Fsp3) is 0.310.